The Morgan fingerprint density at radius 2 is 2.33 bits per heavy atom. The average molecular weight is 309 g/mol. The van der Waals surface area contributed by atoms with Crippen LogP contribution in [0.4, 0.5) is 0 Å². The van der Waals surface area contributed by atoms with Crippen LogP contribution in [0.25, 0.3) is 0 Å². The summed E-state index contributed by atoms with van der Waals surface area (Å²) in [7, 11) is 0. The highest BCUT2D eigenvalue weighted by molar-refractivity contribution is 6.30. The first-order chi connectivity index (χ1) is 10.3. The van der Waals surface area contributed by atoms with Crippen molar-refractivity contribution in [1.29, 1.82) is 0 Å². The Bertz CT molecular complexity index is 474. The summed E-state index contributed by atoms with van der Waals surface area (Å²) in [6.45, 7) is 6.72. The third-order valence-corrected chi connectivity index (χ3v) is 4.74. The molecule has 3 nitrogen and oxygen atoms in total. The van der Waals surface area contributed by atoms with Crippen molar-refractivity contribution >= 4 is 11.6 Å². The lowest BCUT2D eigenvalue weighted by atomic mass is 10.0. The lowest BCUT2D eigenvalue weighted by Crippen LogP contribution is -2.49. The Hall–Kier alpha value is -0.770. The van der Waals surface area contributed by atoms with Gasteiger partial charge in [-0.25, -0.2) is 0 Å². The van der Waals surface area contributed by atoms with Gasteiger partial charge in [0.15, 0.2) is 0 Å². The first kappa shape index (κ1) is 15.1. The fraction of sp³-hybridized carbons (Fsp3) is 0.647. The van der Waals surface area contributed by atoms with E-state index in [-0.39, 0.29) is 6.10 Å². The van der Waals surface area contributed by atoms with Crippen molar-refractivity contribution in [2.75, 3.05) is 26.2 Å². The smallest absolute Gasteiger partial charge is 0.123 e. The molecule has 116 valence electrons. The quantitative estimate of drug-likeness (QED) is 0.904. The van der Waals surface area contributed by atoms with Crippen molar-refractivity contribution in [2.24, 2.45) is 0 Å². The molecular formula is C17H25ClN2O. The Balaban J connectivity index is 1.61. The van der Waals surface area contributed by atoms with Crippen LogP contribution >= 0.6 is 11.6 Å². The lowest BCUT2D eigenvalue weighted by Gasteiger charge is -2.35. The highest BCUT2D eigenvalue weighted by atomic mass is 35.5. The van der Waals surface area contributed by atoms with Crippen molar-refractivity contribution in [2.45, 2.75) is 44.8 Å². The van der Waals surface area contributed by atoms with Crippen molar-refractivity contribution in [3.8, 4) is 5.75 Å². The minimum absolute atomic E-state index is 0.270. The summed E-state index contributed by atoms with van der Waals surface area (Å²) >= 11 is 6.07. The van der Waals surface area contributed by atoms with Gasteiger partial charge in [-0.1, -0.05) is 18.5 Å². The van der Waals surface area contributed by atoms with Crippen molar-refractivity contribution in [3.63, 3.8) is 0 Å². The number of nitrogens with one attached hydrogen (secondary N) is 1. The summed E-state index contributed by atoms with van der Waals surface area (Å²) in [5.74, 6) is 1.02. The largest absolute Gasteiger partial charge is 0.488 e. The number of benzene rings is 1. The summed E-state index contributed by atoms with van der Waals surface area (Å²) in [4.78, 5) is 2.62. The molecule has 1 saturated heterocycles. The molecule has 0 aromatic heterocycles. The molecule has 0 bridgehead atoms. The molecule has 2 unspecified atom stereocenters. The lowest BCUT2D eigenvalue weighted by molar-refractivity contribution is 0.102. The van der Waals surface area contributed by atoms with Gasteiger partial charge in [0.25, 0.3) is 0 Å². The van der Waals surface area contributed by atoms with Crippen molar-refractivity contribution in [3.05, 3.63) is 28.8 Å². The summed E-state index contributed by atoms with van der Waals surface area (Å²) < 4.78 is 6.11. The van der Waals surface area contributed by atoms with E-state index in [0.717, 1.165) is 36.8 Å². The first-order valence-electron chi connectivity index (χ1n) is 8.16. The van der Waals surface area contributed by atoms with Crippen LogP contribution < -0.4 is 10.1 Å². The van der Waals surface area contributed by atoms with Crippen molar-refractivity contribution in [1.82, 2.24) is 10.2 Å². The maximum Gasteiger partial charge on any atom is 0.123 e. The van der Waals surface area contributed by atoms with Crippen LogP contribution in [0.2, 0.25) is 5.02 Å². The third kappa shape index (κ3) is 3.71. The Kier molecular flexibility index (Phi) is 5.04. The number of fused-ring (bicyclic) bond motifs is 1. The molecule has 0 saturated carbocycles. The zero-order chi connectivity index (χ0) is 14.7. The van der Waals surface area contributed by atoms with Crippen LogP contribution in [0.15, 0.2) is 18.2 Å². The molecule has 1 fully saturated rings. The molecule has 0 amide bonds. The van der Waals surface area contributed by atoms with E-state index < -0.39 is 0 Å². The zero-order valence-electron chi connectivity index (χ0n) is 12.8. The number of rotatable bonds is 5. The predicted molar refractivity (Wildman–Crippen MR) is 87.3 cm³/mol. The molecule has 2 aliphatic heterocycles. The SMILES string of the molecule is CCCN(CC1Cc2cc(Cl)ccc2O1)C1CCCNC1. The van der Waals surface area contributed by atoms with Crippen LogP contribution in [-0.4, -0.2) is 43.2 Å². The van der Waals surface area contributed by atoms with Crippen LogP contribution in [-0.2, 0) is 6.42 Å². The van der Waals surface area contributed by atoms with E-state index in [4.69, 9.17) is 16.3 Å². The standard InChI is InChI=1S/C17H25ClN2O/c1-2-8-20(15-4-3-7-19-11-15)12-16-10-13-9-14(18)5-6-17(13)21-16/h5-6,9,15-16,19H,2-4,7-8,10-12H2,1H3. The number of nitrogens with zero attached hydrogens (tertiary/aromatic N) is 1. The highest BCUT2D eigenvalue weighted by Crippen LogP contribution is 2.31. The van der Waals surface area contributed by atoms with E-state index in [1.807, 2.05) is 18.2 Å². The number of halogens is 1. The van der Waals surface area contributed by atoms with E-state index >= 15 is 0 Å². The Morgan fingerprint density at radius 3 is 3.10 bits per heavy atom. The normalized spacial score (nSPS) is 24.9. The zero-order valence-corrected chi connectivity index (χ0v) is 13.5. The average Bonchev–Trinajstić information content (AvgIpc) is 2.89. The molecule has 3 rings (SSSR count). The van der Waals surface area contributed by atoms with E-state index in [1.165, 1.54) is 31.4 Å². The predicted octanol–water partition coefficient (Wildman–Crippen LogP) is 3.11. The second-order valence-corrected chi connectivity index (χ2v) is 6.63. The van der Waals surface area contributed by atoms with Gasteiger partial charge in [0, 0.05) is 30.6 Å². The molecule has 0 aliphatic carbocycles. The molecule has 0 radical (unpaired) electrons. The number of ether oxygens (including phenoxy) is 1. The second-order valence-electron chi connectivity index (χ2n) is 6.19. The molecule has 21 heavy (non-hydrogen) atoms. The Morgan fingerprint density at radius 1 is 1.43 bits per heavy atom. The molecule has 2 heterocycles. The van der Waals surface area contributed by atoms with Gasteiger partial charge < -0.3 is 10.1 Å². The van der Waals surface area contributed by atoms with Gasteiger partial charge in [-0.05, 0) is 56.1 Å². The summed E-state index contributed by atoms with van der Waals surface area (Å²) in [6, 6.07) is 6.62. The van der Waals surface area contributed by atoms with Crippen LogP contribution in [0.5, 0.6) is 5.75 Å². The number of hydrogen-bond donors (Lipinski definition) is 1. The fourth-order valence-corrected chi connectivity index (χ4v) is 3.70. The minimum atomic E-state index is 0.270. The summed E-state index contributed by atoms with van der Waals surface area (Å²) in [5, 5.41) is 4.33. The number of hydrogen-bond acceptors (Lipinski definition) is 3. The maximum atomic E-state index is 6.11. The van der Waals surface area contributed by atoms with Gasteiger partial charge >= 0.3 is 0 Å². The van der Waals surface area contributed by atoms with E-state index in [0.29, 0.717) is 6.04 Å². The minimum Gasteiger partial charge on any atom is -0.488 e. The van der Waals surface area contributed by atoms with Crippen LogP contribution in [0.1, 0.15) is 31.7 Å². The Labute approximate surface area is 132 Å². The third-order valence-electron chi connectivity index (χ3n) is 4.50. The molecule has 2 atom stereocenters. The van der Waals surface area contributed by atoms with Crippen LogP contribution in [0, 0.1) is 0 Å². The van der Waals surface area contributed by atoms with Gasteiger partial charge in [-0.3, -0.25) is 4.90 Å². The molecule has 4 heteroatoms. The molecular weight excluding hydrogens is 284 g/mol. The second kappa shape index (κ2) is 6.99. The molecule has 0 spiro atoms. The summed E-state index contributed by atoms with van der Waals surface area (Å²) in [6.07, 6.45) is 5.04. The number of piperidine rings is 1. The first-order valence-corrected chi connectivity index (χ1v) is 8.54. The van der Waals surface area contributed by atoms with E-state index in [2.05, 4.69) is 17.1 Å². The maximum absolute atomic E-state index is 6.11. The van der Waals surface area contributed by atoms with Gasteiger partial charge in [-0.2, -0.15) is 0 Å². The molecule has 1 N–H and O–H groups in total. The van der Waals surface area contributed by atoms with E-state index in [9.17, 15) is 0 Å². The van der Waals surface area contributed by atoms with E-state index in [1.54, 1.807) is 0 Å². The van der Waals surface area contributed by atoms with Crippen LogP contribution in [0.3, 0.4) is 0 Å². The molecule has 2 aliphatic rings. The van der Waals surface area contributed by atoms with Gasteiger partial charge in [-0.15, -0.1) is 0 Å². The van der Waals surface area contributed by atoms with Gasteiger partial charge in [0.1, 0.15) is 11.9 Å². The van der Waals surface area contributed by atoms with Gasteiger partial charge in [0.2, 0.25) is 0 Å². The monoisotopic (exact) mass is 308 g/mol. The fourth-order valence-electron chi connectivity index (χ4n) is 3.51. The highest BCUT2D eigenvalue weighted by Gasteiger charge is 2.28. The summed E-state index contributed by atoms with van der Waals surface area (Å²) in [5.41, 5.74) is 1.26. The molecule has 1 aromatic carbocycles. The molecule has 1 aromatic rings. The van der Waals surface area contributed by atoms with Crippen molar-refractivity contribution < 1.29 is 4.74 Å². The van der Waals surface area contributed by atoms with Gasteiger partial charge in [0.05, 0.1) is 0 Å². The topological polar surface area (TPSA) is 24.5 Å².